The molecule has 0 saturated carbocycles. The number of carbonyl (C=O) groups is 1. The van der Waals surface area contributed by atoms with Gasteiger partial charge in [-0.25, -0.2) is 4.98 Å². The molecule has 1 N–H and O–H groups in total. The second-order valence-corrected chi connectivity index (χ2v) is 7.06. The van der Waals surface area contributed by atoms with Crippen LogP contribution in [0.4, 0.5) is 11.5 Å². The summed E-state index contributed by atoms with van der Waals surface area (Å²) in [5.41, 5.74) is 2.78. The van der Waals surface area contributed by atoms with E-state index in [-0.39, 0.29) is 11.6 Å². The van der Waals surface area contributed by atoms with Gasteiger partial charge in [0.1, 0.15) is 5.82 Å². The van der Waals surface area contributed by atoms with E-state index in [1.165, 1.54) is 35.6 Å². The zero-order valence-corrected chi connectivity index (χ0v) is 16.1. The minimum Gasteiger partial charge on any atom is -0.306 e. The molecule has 29 heavy (non-hydrogen) atoms. The number of hydrogen-bond donors (Lipinski definition) is 1. The van der Waals surface area contributed by atoms with Gasteiger partial charge in [-0.1, -0.05) is 30.3 Å². The van der Waals surface area contributed by atoms with Gasteiger partial charge in [-0.15, -0.1) is 11.3 Å². The highest BCUT2D eigenvalue weighted by Crippen LogP contribution is 2.26. The van der Waals surface area contributed by atoms with Crippen LogP contribution in [0.3, 0.4) is 0 Å². The van der Waals surface area contributed by atoms with E-state index in [0.717, 1.165) is 17.0 Å². The molecule has 8 nitrogen and oxygen atoms in total. The van der Waals surface area contributed by atoms with Gasteiger partial charge in [-0.3, -0.25) is 14.9 Å². The molecular formula is C20H15N5O3S. The van der Waals surface area contributed by atoms with E-state index in [2.05, 4.69) is 15.4 Å². The number of carbonyl (C=O) groups excluding carboxylic acids is 1. The molecule has 2 aromatic carbocycles. The Bertz CT molecular complexity index is 1180. The molecule has 2 heterocycles. The van der Waals surface area contributed by atoms with Crippen molar-refractivity contribution in [3.05, 3.63) is 87.4 Å². The molecular weight excluding hydrogens is 390 g/mol. The van der Waals surface area contributed by atoms with Crippen molar-refractivity contribution in [2.75, 3.05) is 5.32 Å². The Labute approximate surface area is 169 Å². The topological polar surface area (TPSA) is 103 Å². The number of nitrogens with one attached hydrogen (secondary N) is 1. The van der Waals surface area contributed by atoms with E-state index >= 15 is 0 Å². The fourth-order valence-electron chi connectivity index (χ4n) is 2.76. The molecule has 9 heteroatoms. The average molecular weight is 405 g/mol. The summed E-state index contributed by atoms with van der Waals surface area (Å²) in [6, 6.07) is 17.0. The van der Waals surface area contributed by atoms with Crippen LogP contribution in [0.25, 0.3) is 16.4 Å². The average Bonchev–Trinajstić information content (AvgIpc) is 3.35. The van der Waals surface area contributed by atoms with Gasteiger partial charge < -0.3 is 5.32 Å². The molecule has 4 aromatic rings. The summed E-state index contributed by atoms with van der Waals surface area (Å²) in [5.74, 6) is 0.0840. The van der Waals surface area contributed by atoms with Crippen molar-refractivity contribution in [2.45, 2.75) is 6.92 Å². The van der Waals surface area contributed by atoms with E-state index in [1.54, 1.807) is 10.7 Å². The summed E-state index contributed by atoms with van der Waals surface area (Å²) in [7, 11) is 0. The Kier molecular flexibility index (Phi) is 4.88. The summed E-state index contributed by atoms with van der Waals surface area (Å²) < 4.78 is 1.58. The van der Waals surface area contributed by atoms with Crippen LogP contribution in [0.2, 0.25) is 0 Å². The summed E-state index contributed by atoms with van der Waals surface area (Å²) in [6.45, 7) is 1.82. The van der Waals surface area contributed by atoms with Gasteiger partial charge in [0.25, 0.3) is 11.6 Å². The van der Waals surface area contributed by atoms with E-state index in [4.69, 9.17) is 0 Å². The third-order valence-corrected chi connectivity index (χ3v) is 4.97. The number of benzene rings is 2. The number of non-ortho nitro benzene ring substituents is 1. The SMILES string of the molecule is Cc1cc(NC(=O)c2ccc([N+](=O)[O-])cc2)n(-c2nc(-c3ccccc3)cs2)n1. The first-order chi connectivity index (χ1) is 14.0. The highest BCUT2D eigenvalue weighted by Gasteiger charge is 2.16. The number of nitro benzene ring substituents is 1. The zero-order valence-electron chi connectivity index (χ0n) is 15.3. The van der Waals surface area contributed by atoms with Crippen molar-refractivity contribution in [3.8, 4) is 16.4 Å². The number of aromatic nitrogens is 3. The Hall–Kier alpha value is -3.85. The van der Waals surface area contributed by atoms with E-state index in [1.807, 2.05) is 42.6 Å². The number of aryl methyl sites for hydroxylation is 1. The predicted octanol–water partition coefficient (Wildman–Crippen LogP) is 4.46. The van der Waals surface area contributed by atoms with Gasteiger partial charge >= 0.3 is 0 Å². The quantitative estimate of drug-likeness (QED) is 0.390. The van der Waals surface area contributed by atoms with Gasteiger partial charge in [0.2, 0.25) is 5.13 Å². The van der Waals surface area contributed by atoms with Crippen molar-refractivity contribution >= 4 is 28.7 Å². The monoisotopic (exact) mass is 405 g/mol. The first kappa shape index (κ1) is 18.5. The molecule has 0 atom stereocenters. The van der Waals surface area contributed by atoms with Crippen LogP contribution < -0.4 is 5.32 Å². The highest BCUT2D eigenvalue weighted by atomic mass is 32.1. The second kappa shape index (κ2) is 7.64. The second-order valence-electron chi connectivity index (χ2n) is 6.22. The molecule has 0 unspecified atom stereocenters. The maximum atomic E-state index is 12.6. The lowest BCUT2D eigenvalue weighted by Crippen LogP contribution is -2.15. The zero-order chi connectivity index (χ0) is 20.4. The molecule has 0 radical (unpaired) electrons. The Morgan fingerprint density at radius 1 is 1.14 bits per heavy atom. The van der Waals surface area contributed by atoms with Crippen molar-refractivity contribution in [1.82, 2.24) is 14.8 Å². The smallest absolute Gasteiger partial charge is 0.269 e. The van der Waals surface area contributed by atoms with E-state index in [0.29, 0.717) is 16.5 Å². The minimum absolute atomic E-state index is 0.0707. The van der Waals surface area contributed by atoms with Crippen LogP contribution >= 0.6 is 11.3 Å². The Morgan fingerprint density at radius 3 is 2.55 bits per heavy atom. The molecule has 0 aliphatic rings. The molecule has 2 aromatic heterocycles. The first-order valence-corrected chi connectivity index (χ1v) is 9.53. The van der Waals surface area contributed by atoms with Crippen LogP contribution in [0.5, 0.6) is 0 Å². The molecule has 144 valence electrons. The van der Waals surface area contributed by atoms with E-state index in [9.17, 15) is 14.9 Å². The van der Waals surface area contributed by atoms with Crippen LogP contribution in [0, 0.1) is 17.0 Å². The van der Waals surface area contributed by atoms with Gasteiger partial charge in [0.05, 0.1) is 16.3 Å². The number of amides is 1. The normalized spacial score (nSPS) is 10.7. The standard InChI is InChI=1S/C20H15N5O3S/c1-13-11-18(22-19(26)15-7-9-16(10-8-15)25(27)28)24(23-13)20-21-17(12-29-20)14-5-3-2-4-6-14/h2-12H,1H3,(H,22,26). The number of anilines is 1. The molecule has 4 rings (SSSR count). The van der Waals surface area contributed by atoms with Crippen LogP contribution in [-0.2, 0) is 0 Å². The molecule has 0 bridgehead atoms. The fraction of sp³-hybridized carbons (Fsp3) is 0.0500. The maximum absolute atomic E-state index is 12.6. The number of rotatable bonds is 5. The summed E-state index contributed by atoms with van der Waals surface area (Å²) >= 11 is 1.42. The van der Waals surface area contributed by atoms with Gasteiger partial charge in [0.15, 0.2) is 0 Å². The highest BCUT2D eigenvalue weighted by molar-refractivity contribution is 7.12. The molecule has 0 aliphatic heterocycles. The van der Waals surface area contributed by atoms with E-state index < -0.39 is 4.92 Å². The maximum Gasteiger partial charge on any atom is 0.269 e. The Morgan fingerprint density at radius 2 is 1.86 bits per heavy atom. The number of hydrogen-bond acceptors (Lipinski definition) is 6. The third-order valence-electron chi connectivity index (χ3n) is 4.16. The van der Waals surface area contributed by atoms with Gasteiger partial charge in [-0.2, -0.15) is 9.78 Å². The predicted molar refractivity (Wildman–Crippen MR) is 110 cm³/mol. The molecule has 0 saturated heterocycles. The number of nitrogens with zero attached hydrogens (tertiary/aromatic N) is 4. The van der Waals surface area contributed by atoms with Crippen molar-refractivity contribution in [1.29, 1.82) is 0 Å². The van der Waals surface area contributed by atoms with Crippen LogP contribution in [-0.4, -0.2) is 25.6 Å². The molecule has 0 aliphatic carbocycles. The number of nitro groups is 1. The van der Waals surface area contributed by atoms with Crippen molar-refractivity contribution < 1.29 is 9.72 Å². The third kappa shape index (κ3) is 3.90. The molecule has 0 spiro atoms. The molecule has 0 fully saturated rings. The summed E-state index contributed by atoms with van der Waals surface area (Å²) in [5, 5.41) is 20.6. The Balaban J connectivity index is 1.60. The van der Waals surface area contributed by atoms with Crippen molar-refractivity contribution in [2.24, 2.45) is 0 Å². The van der Waals surface area contributed by atoms with Crippen LogP contribution in [0.1, 0.15) is 16.1 Å². The minimum atomic E-state index is -0.507. The largest absolute Gasteiger partial charge is 0.306 e. The summed E-state index contributed by atoms with van der Waals surface area (Å²) in [4.78, 5) is 27.5. The van der Waals surface area contributed by atoms with Crippen molar-refractivity contribution in [3.63, 3.8) is 0 Å². The van der Waals surface area contributed by atoms with Crippen LogP contribution in [0.15, 0.2) is 66.0 Å². The molecule has 1 amide bonds. The van der Waals surface area contributed by atoms with Gasteiger partial charge in [0, 0.05) is 34.7 Å². The summed E-state index contributed by atoms with van der Waals surface area (Å²) in [6.07, 6.45) is 0. The fourth-order valence-corrected chi connectivity index (χ4v) is 3.56. The first-order valence-electron chi connectivity index (χ1n) is 8.65. The van der Waals surface area contributed by atoms with Gasteiger partial charge in [-0.05, 0) is 19.1 Å². The lowest BCUT2D eigenvalue weighted by molar-refractivity contribution is -0.384. The lowest BCUT2D eigenvalue weighted by Gasteiger charge is -2.06. The number of thiazole rings is 1. The lowest BCUT2D eigenvalue weighted by atomic mass is 10.2.